The van der Waals surface area contributed by atoms with Crippen molar-refractivity contribution in [2.75, 3.05) is 7.11 Å². The summed E-state index contributed by atoms with van der Waals surface area (Å²) in [6.45, 7) is -0.361. The largest absolute Gasteiger partial charge is 0.497 e. The summed E-state index contributed by atoms with van der Waals surface area (Å²) in [5, 5.41) is 6.92. The first-order chi connectivity index (χ1) is 14.8. The Labute approximate surface area is 176 Å². The number of hydrogen-bond donors (Lipinski definition) is 2. The highest BCUT2D eigenvalue weighted by Crippen LogP contribution is 2.40. The molecule has 0 fully saturated rings. The van der Waals surface area contributed by atoms with Crippen molar-refractivity contribution >= 4 is 40.7 Å². The zero-order valence-electron chi connectivity index (χ0n) is 17.1. The molecule has 0 bridgehead atoms. The third kappa shape index (κ3) is 3.21. The number of phosphoric ester groups is 1. The molecule has 0 unspecified atom stereocenters. The van der Waals surface area contributed by atoms with Crippen LogP contribution in [-0.2, 0) is 29.9 Å². The fourth-order valence-electron chi connectivity index (χ4n) is 4.05. The van der Waals surface area contributed by atoms with Gasteiger partial charge in [-0.25, -0.2) is 9.55 Å². The molecular weight excluding hydrogens is 421 g/mol. The molecule has 0 saturated carbocycles. The molecule has 0 spiro atoms. The Balaban J connectivity index is 1.83. The second kappa shape index (κ2) is 6.93. The molecule has 4 heterocycles. The van der Waals surface area contributed by atoms with Crippen LogP contribution in [0.5, 0.6) is 5.75 Å². The number of methoxy groups -OCH3 is 1. The summed E-state index contributed by atoms with van der Waals surface area (Å²) in [4.78, 5) is 23.1. The summed E-state index contributed by atoms with van der Waals surface area (Å²) in [6, 6.07) is 7.74. The second-order valence-corrected chi connectivity index (χ2v) is 8.55. The molecule has 10 nitrogen and oxygen atoms in total. The first-order valence-corrected chi connectivity index (χ1v) is 10.9. The highest BCUT2D eigenvalue weighted by molar-refractivity contribution is 7.46. The van der Waals surface area contributed by atoms with Gasteiger partial charge in [-0.1, -0.05) is 0 Å². The normalized spacial score (nSPS) is 12.4. The summed E-state index contributed by atoms with van der Waals surface area (Å²) in [5.41, 5.74) is 3.98. The van der Waals surface area contributed by atoms with Crippen LogP contribution in [0.4, 0.5) is 0 Å². The number of pyridine rings is 1. The predicted molar refractivity (Wildman–Crippen MR) is 116 cm³/mol. The van der Waals surface area contributed by atoms with Gasteiger partial charge in [-0.05, 0) is 24.3 Å². The molecular formula is C20H20N5O5P. The number of phosphoric acid groups is 1. The van der Waals surface area contributed by atoms with E-state index < -0.39 is 7.82 Å². The molecule has 0 amide bonds. The number of hydrogen-bond acceptors (Lipinski definition) is 5. The minimum Gasteiger partial charge on any atom is -0.497 e. The molecule has 0 aliphatic rings. The Hall–Kier alpha value is -3.17. The third-order valence-electron chi connectivity index (χ3n) is 5.44. The zero-order chi connectivity index (χ0) is 21.9. The third-order valence-corrected chi connectivity index (χ3v) is 5.90. The van der Waals surface area contributed by atoms with E-state index in [2.05, 4.69) is 10.1 Å². The quantitative estimate of drug-likeness (QED) is 0.403. The van der Waals surface area contributed by atoms with E-state index in [0.717, 1.165) is 32.8 Å². The fourth-order valence-corrected chi connectivity index (χ4v) is 4.32. The number of nitrogens with zero attached hydrogens (tertiary/aromatic N) is 5. The fraction of sp³-hybridized carbons (Fsp3) is 0.200. The zero-order valence-corrected chi connectivity index (χ0v) is 17.9. The van der Waals surface area contributed by atoms with Gasteiger partial charge in [0.1, 0.15) is 18.1 Å². The van der Waals surface area contributed by atoms with E-state index in [9.17, 15) is 14.4 Å². The maximum atomic E-state index is 11.4. The van der Waals surface area contributed by atoms with Crippen LogP contribution in [0.15, 0.2) is 42.9 Å². The highest BCUT2D eigenvalue weighted by Gasteiger charge is 2.22. The van der Waals surface area contributed by atoms with Gasteiger partial charge >= 0.3 is 7.82 Å². The van der Waals surface area contributed by atoms with Crippen molar-refractivity contribution < 1.29 is 23.6 Å². The smallest absolute Gasteiger partial charge is 0.471 e. The van der Waals surface area contributed by atoms with Crippen molar-refractivity contribution in [3.63, 3.8) is 0 Å². The standard InChI is InChI=1S/C20H20N5O5P/c1-23-10-16(14-6-13(29-3)4-5-17(14)23)18-7-15-19-12(9-22-24(19)2)8-21-20(15)25(18)11-30-31(26,27)28/h4-10H,11H2,1-3H3,(H2,26,27,28). The number of aryl methyl sites for hydroxylation is 2. The molecule has 5 rings (SSSR count). The van der Waals surface area contributed by atoms with E-state index in [1.807, 2.05) is 49.1 Å². The van der Waals surface area contributed by atoms with Gasteiger partial charge in [-0.2, -0.15) is 5.10 Å². The Kier molecular flexibility index (Phi) is 4.42. The minimum absolute atomic E-state index is 0.361. The van der Waals surface area contributed by atoms with Crippen LogP contribution in [0.25, 0.3) is 44.1 Å². The van der Waals surface area contributed by atoms with Crippen LogP contribution in [0.3, 0.4) is 0 Å². The average molecular weight is 441 g/mol. The highest BCUT2D eigenvalue weighted by atomic mass is 31.2. The Morgan fingerprint density at radius 2 is 1.94 bits per heavy atom. The first kappa shape index (κ1) is 19.8. The van der Waals surface area contributed by atoms with E-state index in [4.69, 9.17) is 9.26 Å². The molecule has 0 saturated heterocycles. The number of ether oxygens (including phenoxy) is 1. The van der Waals surface area contributed by atoms with Gasteiger partial charge in [0, 0.05) is 53.7 Å². The van der Waals surface area contributed by atoms with Crippen molar-refractivity contribution in [3.05, 3.63) is 42.9 Å². The molecule has 0 atom stereocenters. The molecule has 31 heavy (non-hydrogen) atoms. The molecule has 2 N–H and O–H groups in total. The molecule has 160 valence electrons. The Bertz CT molecular complexity index is 1510. The first-order valence-electron chi connectivity index (χ1n) is 9.40. The second-order valence-electron chi connectivity index (χ2n) is 7.31. The summed E-state index contributed by atoms with van der Waals surface area (Å²) in [5.74, 6) is 0.709. The van der Waals surface area contributed by atoms with E-state index in [-0.39, 0.29) is 6.73 Å². The molecule has 11 heteroatoms. The van der Waals surface area contributed by atoms with Crippen molar-refractivity contribution in [1.82, 2.24) is 23.9 Å². The van der Waals surface area contributed by atoms with Crippen LogP contribution in [0, 0.1) is 0 Å². The number of fused-ring (bicyclic) bond motifs is 4. The van der Waals surface area contributed by atoms with E-state index in [1.165, 1.54) is 0 Å². The Morgan fingerprint density at radius 3 is 2.68 bits per heavy atom. The van der Waals surface area contributed by atoms with E-state index >= 15 is 0 Å². The lowest BCUT2D eigenvalue weighted by molar-refractivity contribution is 0.157. The summed E-state index contributed by atoms with van der Waals surface area (Å²) in [6.07, 6.45) is 5.38. The van der Waals surface area contributed by atoms with Crippen molar-refractivity contribution in [3.8, 4) is 17.0 Å². The van der Waals surface area contributed by atoms with Gasteiger partial charge in [-0.15, -0.1) is 0 Å². The van der Waals surface area contributed by atoms with Gasteiger partial charge in [0.05, 0.1) is 24.5 Å². The molecule has 4 aromatic heterocycles. The summed E-state index contributed by atoms with van der Waals surface area (Å²) >= 11 is 0. The lowest BCUT2D eigenvalue weighted by atomic mass is 10.1. The Morgan fingerprint density at radius 1 is 1.13 bits per heavy atom. The molecule has 0 radical (unpaired) electrons. The number of benzene rings is 1. The van der Waals surface area contributed by atoms with E-state index in [0.29, 0.717) is 17.1 Å². The topological polar surface area (TPSA) is 117 Å². The average Bonchev–Trinajstić information content (AvgIpc) is 3.38. The van der Waals surface area contributed by atoms with Crippen LogP contribution in [-0.4, -0.2) is 40.8 Å². The van der Waals surface area contributed by atoms with E-state index in [1.54, 1.807) is 28.8 Å². The van der Waals surface area contributed by atoms with Crippen LogP contribution in [0.1, 0.15) is 0 Å². The summed E-state index contributed by atoms with van der Waals surface area (Å²) in [7, 11) is 0.700. The summed E-state index contributed by atoms with van der Waals surface area (Å²) < 4.78 is 27.1. The lowest BCUT2D eigenvalue weighted by Gasteiger charge is -2.11. The van der Waals surface area contributed by atoms with Gasteiger partial charge in [0.25, 0.3) is 0 Å². The van der Waals surface area contributed by atoms with Crippen molar-refractivity contribution in [1.29, 1.82) is 0 Å². The minimum atomic E-state index is -4.69. The van der Waals surface area contributed by atoms with Crippen LogP contribution < -0.4 is 4.74 Å². The molecule has 0 aliphatic carbocycles. The molecule has 1 aromatic carbocycles. The van der Waals surface area contributed by atoms with Crippen molar-refractivity contribution in [2.45, 2.75) is 6.73 Å². The maximum absolute atomic E-state index is 11.4. The molecule has 0 aliphatic heterocycles. The van der Waals surface area contributed by atoms with Gasteiger partial charge in [-0.3, -0.25) is 9.21 Å². The number of aromatic nitrogens is 5. The molecule has 5 aromatic rings. The van der Waals surface area contributed by atoms with Gasteiger partial charge in [0.15, 0.2) is 0 Å². The maximum Gasteiger partial charge on any atom is 0.471 e. The lowest BCUT2D eigenvalue weighted by Crippen LogP contribution is -2.04. The SMILES string of the molecule is COc1ccc2c(c1)c(-c1cc3c4c(cnc3n1COP(=O)(O)O)cnn4C)cn2C. The van der Waals surface area contributed by atoms with Crippen molar-refractivity contribution in [2.24, 2.45) is 14.1 Å². The number of rotatable bonds is 5. The van der Waals surface area contributed by atoms with Crippen LogP contribution in [0.2, 0.25) is 0 Å². The van der Waals surface area contributed by atoms with Crippen LogP contribution >= 0.6 is 7.82 Å². The monoisotopic (exact) mass is 441 g/mol. The predicted octanol–water partition coefficient (Wildman–Crippen LogP) is 3.16. The van der Waals surface area contributed by atoms with Gasteiger partial charge < -0.3 is 23.7 Å². The van der Waals surface area contributed by atoms with Gasteiger partial charge in [0.2, 0.25) is 0 Å².